The van der Waals surface area contributed by atoms with E-state index in [0.717, 1.165) is 11.0 Å². The Hall–Kier alpha value is -3.00. The molecular formula is C19H16FN5OS. The minimum absolute atomic E-state index is 0.300. The van der Waals surface area contributed by atoms with Crippen molar-refractivity contribution in [1.82, 2.24) is 24.9 Å². The van der Waals surface area contributed by atoms with E-state index in [0.29, 0.717) is 29.6 Å². The second-order valence-electron chi connectivity index (χ2n) is 5.91. The van der Waals surface area contributed by atoms with Crippen molar-refractivity contribution in [2.45, 2.75) is 24.4 Å². The predicted molar refractivity (Wildman–Crippen MR) is 99.6 cm³/mol. The molecular weight excluding hydrogens is 365 g/mol. The molecule has 136 valence electrons. The van der Waals surface area contributed by atoms with Crippen LogP contribution in [-0.2, 0) is 12.3 Å². The Labute approximate surface area is 159 Å². The van der Waals surface area contributed by atoms with E-state index in [-0.39, 0.29) is 5.82 Å². The van der Waals surface area contributed by atoms with Crippen LogP contribution >= 0.6 is 11.8 Å². The molecule has 0 aliphatic carbocycles. The van der Waals surface area contributed by atoms with Gasteiger partial charge in [0.1, 0.15) is 11.6 Å². The fourth-order valence-corrected chi connectivity index (χ4v) is 3.39. The molecule has 0 aliphatic heterocycles. The lowest BCUT2D eigenvalue weighted by molar-refractivity contribution is 0.391. The highest BCUT2D eigenvalue weighted by atomic mass is 32.2. The summed E-state index contributed by atoms with van der Waals surface area (Å²) in [6.45, 7) is 2.63. The summed E-state index contributed by atoms with van der Waals surface area (Å²) < 4.78 is 20.4. The van der Waals surface area contributed by atoms with Gasteiger partial charge < -0.3 is 9.09 Å². The highest BCUT2D eigenvalue weighted by Gasteiger charge is 2.14. The van der Waals surface area contributed by atoms with Crippen LogP contribution in [0.2, 0.25) is 0 Å². The van der Waals surface area contributed by atoms with Crippen molar-refractivity contribution in [3.63, 3.8) is 0 Å². The Balaban J connectivity index is 1.46. The normalized spacial score (nSPS) is 11.0. The van der Waals surface area contributed by atoms with Crippen molar-refractivity contribution < 1.29 is 8.91 Å². The number of aryl methyl sites for hydroxylation is 1. The van der Waals surface area contributed by atoms with Gasteiger partial charge in [-0.05, 0) is 36.8 Å². The van der Waals surface area contributed by atoms with E-state index in [9.17, 15) is 4.39 Å². The van der Waals surface area contributed by atoms with Crippen molar-refractivity contribution in [1.29, 1.82) is 0 Å². The van der Waals surface area contributed by atoms with Gasteiger partial charge in [0, 0.05) is 5.56 Å². The van der Waals surface area contributed by atoms with Gasteiger partial charge in [-0.15, -0.1) is 10.2 Å². The molecule has 27 heavy (non-hydrogen) atoms. The number of thioether (sulfide) groups is 1. The fraction of sp³-hybridized carbons (Fsp3) is 0.158. The van der Waals surface area contributed by atoms with E-state index >= 15 is 0 Å². The smallest absolute Gasteiger partial charge is 0.237 e. The molecule has 0 unspecified atom stereocenters. The van der Waals surface area contributed by atoms with Crippen molar-refractivity contribution in [2.24, 2.45) is 0 Å². The minimum atomic E-state index is -0.300. The highest BCUT2D eigenvalue weighted by Crippen LogP contribution is 2.24. The molecule has 2 aromatic carbocycles. The Bertz CT molecular complexity index is 1030. The summed E-state index contributed by atoms with van der Waals surface area (Å²) in [5, 5.41) is 13.2. The van der Waals surface area contributed by atoms with E-state index in [4.69, 9.17) is 4.52 Å². The van der Waals surface area contributed by atoms with Gasteiger partial charge >= 0.3 is 0 Å². The molecule has 0 N–H and O–H groups in total. The van der Waals surface area contributed by atoms with Crippen LogP contribution in [0.4, 0.5) is 4.39 Å². The van der Waals surface area contributed by atoms with Crippen molar-refractivity contribution >= 4 is 11.8 Å². The van der Waals surface area contributed by atoms with Crippen LogP contribution in [0, 0.1) is 12.7 Å². The average Bonchev–Trinajstić information content (AvgIpc) is 3.29. The third kappa shape index (κ3) is 4.06. The van der Waals surface area contributed by atoms with Gasteiger partial charge in [-0.3, -0.25) is 0 Å². The third-order valence-electron chi connectivity index (χ3n) is 3.98. The van der Waals surface area contributed by atoms with Crippen LogP contribution in [0.5, 0.6) is 0 Å². The monoisotopic (exact) mass is 381 g/mol. The zero-order valence-electron chi connectivity index (χ0n) is 14.5. The fourth-order valence-electron chi connectivity index (χ4n) is 2.57. The molecule has 0 saturated carbocycles. The maximum Gasteiger partial charge on any atom is 0.237 e. The van der Waals surface area contributed by atoms with Gasteiger partial charge in [-0.2, -0.15) is 4.98 Å². The van der Waals surface area contributed by atoms with Crippen molar-refractivity contribution in [3.8, 4) is 11.4 Å². The maximum atomic E-state index is 13.0. The molecule has 0 spiro atoms. The van der Waals surface area contributed by atoms with Gasteiger partial charge in [0.25, 0.3) is 0 Å². The van der Waals surface area contributed by atoms with E-state index in [2.05, 4.69) is 37.0 Å². The van der Waals surface area contributed by atoms with Crippen molar-refractivity contribution in [3.05, 3.63) is 77.7 Å². The standard InChI is InChI=1S/C19H16FN5OS/c1-13-22-23-19(25(13)11-14-5-3-2-4-6-14)27-12-17-21-18(24-26-17)15-7-9-16(20)10-8-15/h2-10H,11-12H2,1H3. The molecule has 0 bridgehead atoms. The van der Waals surface area contributed by atoms with Crippen LogP contribution in [0.1, 0.15) is 17.3 Å². The Morgan fingerprint density at radius 1 is 1.04 bits per heavy atom. The molecule has 2 aromatic heterocycles. The van der Waals surface area contributed by atoms with Gasteiger partial charge in [-0.25, -0.2) is 4.39 Å². The molecule has 0 aliphatic rings. The summed E-state index contributed by atoms with van der Waals surface area (Å²) in [4.78, 5) is 4.37. The number of hydrogen-bond donors (Lipinski definition) is 0. The minimum Gasteiger partial charge on any atom is -0.338 e. The van der Waals surface area contributed by atoms with Crippen LogP contribution in [0.25, 0.3) is 11.4 Å². The Morgan fingerprint density at radius 2 is 1.81 bits per heavy atom. The molecule has 0 amide bonds. The van der Waals surface area contributed by atoms with E-state index in [1.165, 1.54) is 29.5 Å². The lowest BCUT2D eigenvalue weighted by Crippen LogP contribution is -2.03. The van der Waals surface area contributed by atoms with Crippen LogP contribution in [0.3, 0.4) is 0 Å². The molecule has 0 saturated heterocycles. The maximum absolute atomic E-state index is 13.0. The highest BCUT2D eigenvalue weighted by molar-refractivity contribution is 7.98. The van der Waals surface area contributed by atoms with Crippen LogP contribution in [-0.4, -0.2) is 24.9 Å². The van der Waals surface area contributed by atoms with Gasteiger partial charge in [0.2, 0.25) is 11.7 Å². The lowest BCUT2D eigenvalue weighted by Gasteiger charge is -2.07. The zero-order chi connectivity index (χ0) is 18.6. The lowest BCUT2D eigenvalue weighted by atomic mass is 10.2. The molecule has 6 nitrogen and oxygen atoms in total. The van der Waals surface area contributed by atoms with Crippen LogP contribution < -0.4 is 0 Å². The molecule has 0 radical (unpaired) electrons. The average molecular weight is 381 g/mol. The van der Waals surface area contributed by atoms with E-state index < -0.39 is 0 Å². The first-order chi connectivity index (χ1) is 13.2. The first-order valence-electron chi connectivity index (χ1n) is 8.34. The summed E-state index contributed by atoms with van der Waals surface area (Å²) >= 11 is 1.48. The number of hydrogen-bond acceptors (Lipinski definition) is 6. The number of nitrogens with zero attached hydrogens (tertiary/aromatic N) is 5. The Morgan fingerprint density at radius 3 is 2.59 bits per heavy atom. The van der Waals surface area contributed by atoms with Gasteiger partial charge in [0.15, 0.2) is 5.16 Å². The molecule has 4 aromatic rings. The molecule has 2 heterocycles. The van der Waals surface area contributed by atoms with E-state index in [1.54, 1.807) is 12.1 Å². The topological polar surface area (TPSA) is 69.6 Å². The van der Waals surface area contributed by atoms with Gasteiger partial charge in [0.05, 0.1) is 12.3 Å². The summed E-state index contributed by atoms with van der Waals surface area (Å²) in [5.41, 5.74) is 1.89. The van der Waals surface area contributed by atoms with E-state index in [1.807, 2.05) is 25.1 Å². The van der Waals surface area contributed by atoms with Gasteiger partial charge in [-0.1, -0.05) is 47.3 Å². The second-order valence-corrected chi connectivity index (χ2v) is 6.85. The first kappa shape index (κ1) is 17.4. The largest absolute Gasteiger partial charge is 0.338 e. The Kier molecular flexibility index (Phi) is 4.97. The molecule has 8 heteroatoms. The second kappa shape index (κ2) is 7.71. The van der Waals surface area contributed by atoms with Crippen LogP contribution in [0.15, 0.2) is 64.3 Å². The molecule has 4 rings (SSSR count). The molecule has 0 fully saturated rings. The quantitative estimate of drug-likeness (QED) is 0.468. The summed E-state index contributed by atoms with van der Waals surface area (Å²) in [7, 11) is 0. The summed E-state index contributed by atoms with van der Waals surface area (Å²) in [6, 6.07) is 16.1. The summed E-state index contributed by atoms with van der Waals surface area (Å²) in [5.74, 6) is 1.94. The molecule has 0 atom stereocenters. The number of benzene rings is 2. The zero-order valence-corrected chi connectivity index (χ0v) is 15.4. The van der Waals surface area contributed by atoms with Crippen molar-refractivity contribution in [2.75, 3.05) is 0 Å². The predicted octanol–water partition coefficient (Wildman–Crippen LogP) is 4.12. The summed E-state index contributed by atoms with van der Waals surface area (Å²) in [6.07, 6.45) is 0. The SMILES string of the molecule is Cc1nnc(SCc2nc(-c3ccc(F)cc3)no2)n1Cc1ccccc1. The first-order valence-corrected chi connectivity index (χ1v) is 9.32. The third-order valence-corrected chi connectivity index (χ3v) is 4.93. The number of aromatic nitrogens is 5. The number of rotatable bonds is 6. The number of halogens is 1.